The molecular weight excluding hydrogens is 296 g/mol. The van der Waals surface area contributed by atoms with Crippen molar-refractivity contribution in [2.24, 2.45) is 0 Å². The topological polar surface area (TPSA) is 64.4 Å². The number of carbonyl (C=O) groups excluding carboxylic acids is 1. The van der Waals surface area contributed by atoms with Crippen LogP contribution in [-0.2, 0) is 4.74 Å². The minimum Gasteiger partial charge on any atom is -0.399 e. The first-order valence-corrected chi connectivity index (χ1v) is 6.75. The average Bonchev–Trinajstić information content (AvgIpc) is 2.32. The third kappa shape index (κ3) is 3.03. The molecule has 0 saturated carbocycles. The van der Waals surface area contributed by atoms with E-state index in [9.17, 15) is 4.79 Å². The lowest BCUT2D eigenvalue weighted by Gasteiger charge is -2.34. The molecule has 0 radical (unpaired) electrons. The first-order chi connectivity index (χ1) is 8.50. The molecule has 98 valence electrons. The molecule has 0 unspecified atom stereocenters. The zero-order valence-electron chi connectivity index (χ0n) is 10.3. The van der Waals surface area contributed by atoms with Crippen LogP contribution in [0.1, 0.15) is 30.1 Å². The number of halogens is 1. The maximum atomic E-state index is 12.3. The molecule has 1 heterocycles. The summed E-state index contributed by atoms with van der Waals surface area (Å²) < 4.78 is 6.07. The quantitative estimate of drug-likeness (QED) is 0.824. The molecule has 1 aromatic carbocycles. The third-order valence-electron chi connectivity index (χ3n) is 3.25. The van der Waals surface area contributed by atoms with Crippen LogP contribution in [-0.4, -0.2) is 24.7 Å². The maximum absolute atomic E-state index is 12.3. The van der Waals surface area contributed by atoms with E-state index in [2.05, 4.69) is 21.2 Å². The summed E-state index contributed by atoms with van der Waals surface area (Å²) in [5.74, 6) is -0.0985. The van der Waals surface area contributed by atoms with Gasteiger partial charge in [0, 0.05) is 28.9 Å². The lowest BCUT2D eigenvalue weighted by atomic mass is 9.92. The van der Waals surface area contributed by atoms with Crippen LogP contribution in [0.3, 0.4) is 0 Å². The van der Waals surface area contributed by atoms with Crippen molar-refractivity contribution >= 4 is 27.5 Å². The van der Waals surface area contributed by atoms with Crippen molar-refractivity contribution in [1.82, 2.24) is 5.32 Å². The summed E-state index contributed by atoms with van der Waals surface area (Å²) in [6, 6.07) is 5.23. The Hall–Kier alpha value is -1.07. The third-order valence-corrected chi connectivity index (χ3v) is 3.94. The van der Waals surface area contributed by atoms with Gasteiger partial charge >= 0.3 is 0 Å². The number of anilines is 1. The van der Waals surface area contributed by atoms with E-state index in [0.717, 1.165) is 17.3 Å². The van der Waals surface area contributed by atoms with E-state index in [1.54, 1.807) is 18.2 Å². The number of nitrogens with two attached hydrogens (primary N) is 1. The molecule has 1 aromatic rings. The summed E-state index contributed by atoms with van der Waals surface area (Å²) in [5, 5.41) is 3.08. The molecule has 0 spiro atoms. The predicted molar refractivity (Wildman–Crippen MR) is 74.5 cm³/mol. The lowest BCUT2D eigenvalue weighted by Crippen LogP contribution is -2.49. The van der Waals surface area contributed by atoms with Crippen molar-refractivity contribution in [3.63, 3.8) is 0 Å². The summed E-state index contributed by atoms with van der Waals surface area (Å²) in [7, 11) is 0. The van der Waals surface area contributed by atoms with Gasteiger partial charge in [0.1, 0.15) is 0 Å². The average molecular weight is 313 g/mol. The Bertz CT molecular complexity index is 456. The number of hydrogen-bond acceptors (Lipinski definition) is 3. The largest absolute Gasteiger partial charge is 0.399 e. The van der Waals surface area contributed by atoms with Gasteiger partial charge in [-0.05, 0) is 53.9 Å². The minimum atomic E-state index is -0.195. The number of carbonyl (C=O) groups is 1. The van der Waals surface area contributed by atoms with E-state index in [0.29, 0.717) is 24.5 Å². The summed E-state index contributed by atoms with van der Waals surface area (Å²) in [4.78, 5) is 12.3. The highest BCUT2D eigenvalue weighted by molar-refractivity contribution is 9.10. The molecule has 0 atom stereocenters. The van der Waals surface area contributed by atoms with Gasteiger partial charge in [-0.3, -0.25) is 4.79 Å². The zero-order chi connectivity index (χ0) is 13.2. The summed E-state index contributed by atoms with van der Waals surface area (Å²) in [6.45, 7) is 3.43. The van der Waals surface area contributed by atoms with Crippen LogP contribution in [0.4, 0.5) is 5.69 Å². The normalized spacial score (nSPS) is 18.3. The molecule has 1 saturated heterocycles. The summed E-state index contributed by atoms with van der Waals surface area (Å²) in [5.41, 5.74) is 6.67. The van der Waals surface area contributed by atoms with E-state index in [4.69, 9.17) is 10.5 Å². The van der Waals surface area contributed by atoms with Gasteiger partial charge in [0.2, 0.25) is 0 Å². The minimum absolute atomic E-state index is 0.0985. The van der Waals surface area contributed by atoms with Gasteiger partial charge in [0.05, 0.1) is 5.56 Å². The molecule has 1 aliphatic heterocycles. The smallest absolute Gasteiger partial charge is 0.252 e. The van der Waals surface area contributed by atoms with E-state index in [1.807, 2.05) is 6.92 Å². The number of nitrogens with one attached hydrogen (secondary N) is 1. The fourth-order valence-electron chi connectivity index (χ4n) is 2.01. The molecule has 1 aliphatic rings. The van der Waals surface area contributed by atoms with Crippen molar-refractivity contribution in [3.8, 4) is 0 Å². The van der Waals surface area contributed by atoms with Crippen LogP contribution in [0, 0.1) is 0 Å². The second kappa shape index (κ2) is 5.28. The number of ether oxygens (including phenoxy) is 1. The van der Waals surface area contributed by atoms with Crippen LogP contribution in [0.5, 0.6) is 0 Å². The Kier molecular flexibility index (Phi) is 3.92. The number of nitrogen functional groups attached to an aromatic ring is 1. The highest BCUT2D eigenvalue weighted by Gasteiger charge is 2.29. The van der Waals surface area contributed by atoms with E-state index >= 15 is 0 Å². The highest BCUT2D eigenvalue weighted by Crippen LogP contribution is 2.23. The van der Waals surface area contributed by atoms with E-state index in [1.165, 1.54) is 0 Å². The molecule has 1 fully saturated rings. The molecule has 18 heavy (non-hydrogen) atoms. The molecule has 5 heteroatoms. The van der Waals surface area contributed by atoms with Crippen LogP contribution in [0.25, 0.3) is 0 Å². The SMILES string of the molecule is CC1(NC(=O)c2cc(N)ccc2Br)CCOCC1. The molecule has 3 N–H and O–H groups in total. The molecule has 0 aromatic heterocycles. The molecular formula is C13H17BrN2O2. The summed E-state index contributed by atoms with van der Waals surface area (Å²) >= 11 is 3.37. The predicted octanol–water partition coefficient (Wildman–Crippen LogP) is 2.33. The van der Waals surface area contributed by atoms with Crippen molar-refractivity contribution in [2.75, 3.05) is 18.9 Å². The van der Waals surface area contributed by atoms with Crippen molar-refractivity contribution in [3.05, 3.63) is 28.2 Å². The van der Waals surface area contributed by atoms with Gasteiger partial charge in [0.15, 0.2) is 0 Å². The number of benzene rings is 1. The maximum Gasteiger partial charge on any atom is 0.252 e. The first kappa shape index (κ1) is 13.4. The second-order valence-electron chi connectivity index (χ2n) is 4.87. The number of amides is 1. The number of hydrogen-bond donors (Lipinski definition) is 2. The molecule has 4 nitrogen and oxygen atoms in total. The van der Waals surface area contributed by atoms with Crippen LogP contribution in [0.15, 0.2) is 22.7 Å². The summed E-state index contributed by atoms with van der Waals surface area (Å²) in [6.07, 6.45) is 1.66. The molecule has 0 bridgehead atoms. The zero-order valence-corrected chi connectivity index (χ0v) is 11.9. The van der Waals surface area contributed by atoms with Gasteiger partial charge < -0.3 is 15.8 Å². The Labute approximate surface area is 115 Å². The first-order valence-electron chi connectivity index (χ1n) is 5.95. The molecule has 0 aliphatic carbocycles. The van der Waals surface area contributed by atoms with Gasteiger partial charge in [-0.15, -0.1) is 0 Å². The van der Waals surface area contributed by atoms with Crippen molar-refractivity contribution in [1.29, 1.82) is 0 Å². The number of rotatable bonds is 2. The Balaban J connectivity index is 2.14. The molecule has 2 rings (SSSR count). The van der Waals surface area contributed by atoms with Gasteiger partial charge in [0.25, 0.3) is 5.91 Å². The Morgan fingerprint density at radius 2 is 2.11 bits per heavy atom. The van der Waals surface area contributed by atoms with Crippen LogP contribution in [0.2, 0.25) is 0 Å². The van der Waals surface area contributed by atoms with Crippen molar-refractivity contribution < 1.29 is 9.53 Å². The van der Waals surface area contributed by atoms with E-state index < -0.39 is 0 Å². The fourth-order valence-corrected chi connectivity index (χ4v) is 2.43. The van der Waals surface area contributed by atoms with Crippen molar-refractivity contribution in [2.45, 2.75) is 25.3 Å². The Morgan fingerprint density at radius 1 is 1.44 bits per heavy atom. The monoisotopic (exact) mass is 312 g/mol. The fraction of sp³-hybridized carbons (Fsp3) is 0.462. The Morgan fingerprint density at radius 3 is 2.78 bits per heavy atom. The highest BCUT2D eigenvalue weighted by atomic mass is 79.9. The van der Waals surface area contributed by atoms with Gasteiger partial charge in [-0.2, -0.15) is 0 Å². The second-order valence-corrected chi connectivity index (χ2v) is 5.72. The molecule has 1 amide bonds. The lowest BCUT2D eigenvalue weighted by molar-refractivity contribution is 0.0422. The van der Waals surface area contributed by atoms with E-state index in [-0.39, 0.29) is 11.4 Å². The van der Waals surface area contributed by atoms with Gasteiger partial charge in [-0.1, -0.05) is 0 Å². The van der Waals surface area contributed by atoms with Crippen LogP contribution >= 0.6 is 15.9 Å². The van der Waals surface area contributed by atoms with Crippen LogP contribution < -0.4 is 11.1 Å². The standard InChI is InChI=1S/C13H17BrN2O2/c1-13(4-6-18-7-5-13)16-12(17)10-8-9(15)2-3-11(10)14/h2-3,8H,4-7,15H2,1H3,(H,16,17). The van der Waals surface area contributed by atoms with Gasteiger partial charge in [-0.25, -0.2) is 0 Å².